The van der Waals surface area contributed by atoms with E-state index in [1.54, 1.807) is 0 Å². The standard InChI is InChI=1S/C16H16ClNO/c17-14-5-1-2-6-16(14)19-11-12-7-8-15-13(10-12)4-3-9-18-15/h1-2,5-8,10,18H,3-4,9,11H2. The second kappa shape index (κ2) is 5.54. The molecule has 0 amide bonds. The van der Waals surface area contributed by atoms with Crippen molar-refractivity contribution >= 4 is 17.3 Å². The van der Waals surface area contributed by atoms with Gasteiger partial charge in [0.15, 0.2) is 0 Å². The molecule has 0 unspecified atom stereocenters. The van der Waals surface area contributed by atoms with Crippen LogP contribution in [0.3, 0.4) is 0 Å². The van der Waals surface area contributed by atoms with Crippen LogP contribution in [0.15, 0.2) is 42.5 Å². The molecular weight excluding hydrogens is 258 g/mol. The maximum Gasteiger partial charge on any atom is 0.138 e. The highest BCUT2D eigenvalue weighted by atomic mass is 35.5. The smallest absolute Gasteiger partial charge is 0.138 e. The third-order valence-electron chi connectivity index (χ3n) is 3.34. The second-order valence-corrected chi connectivity index (χ2v) is 5.15. The van der Waals surface area contributed by atoms with Gasteiger partial charge in [0.1, 0.15) is 12.4 Å². The lowest BCUT2D eigenvalue weighted by molar-refractivity contribution is 0.306. The highest BCUT2D eigenvalue weighted by molar-refractivity contribution is 6.32. The van der Waals surface area contributed by atoms with Gasteiger partial charge in [0.05, 0.1) is 5.02 Å². The van der Waals surface area contributed by atoms with E-state index in [1.807, 2.05) is 24.3 Å². The van der Waals surface area contributed by atoms with Crippen molar-refractivity contribution in [1.82, 2.24) is 0 Å². The Labute approximate surface area is 118 Å². The number of hydrogen-bond acceptors (Lipinski definition) is 2. The van der Waals surface area contributed by atoms with Gasteiger partial charge in [-0.15, -0.1) is 0 Å². The van der Waals surface area contributed by atoms with Gasteiger partial charge < -0.3 is 10.1 Å². The summed E-state index contributed by atoms with van der Waals surface area (Å²) in [5.41, 5.74) is 3.82. The third-order valence-corrected chi connectivity index (χ3v) is 3.65. The number of para-hydroxylation sites is 1. The molecule has 0 spiro atoms. The minimum Gasteiger partial charge on any atom is -0.487 e. The third kappa shape index (κ3) is 2.85. The van der Waals surface area contributed by atoms with Crippen LogP contribution >= 0.6 is 11.6 Å². The molecule has 0 aromatic heterocycles. The first-order valence-corrected chi connectivity index (χ1v) is 6.94. The SMILES string of the molecule is Clc1ccccc1OCc1ccc2c(c1)CCCN2. The molecule has 98 valence electrons. The molecule has 0 saturated carbocycles. The van der Waals surface area contributed by atoms with Crippen LogP contribution in [0.2, 0.25) is 5.02 Å². The van der Waals surface area contributed by atoms with Gasteiger partial charge in [-0.3, -0.25) is 0 Å². The van der Waals surface area contributed by atoms with E-state index in [0.717, 1.165) is 18.7 Å². The Balaban J connectivity index is 1.72. The normalized spacial score (nSPS) is 13.5. The Morgan fingerprint density at radius 3 is 2.95 bits per heavy atom. The number of halogens is 1. The predicted octanol–water partition coefficient (Wildman–Crippen LogP) is 4.28. The van der Waals surface area contributed by atoms with Crippen LogP contribution in [-0.4, -0.2) is 6.54 Å². The topological polar surface area (TPSA) is 21.3 Å². The summed E-state index contributed by atoms with van der Waals surface area (Å²) in [6.45, 7) is 1.62. The molecule has 0 bridgehead atoms. The Hall–Kier alpha value is -1.67. The number of fused-ring (bicyclic) bond motifs is 1. The van der Waals surface area contributed by atoms with Crippen molar-refractivity contribution in [3.63, 3.8) is 0 Å². The Kier molecular flexibility index (Phi) is 3.60. The maximum absolute atomic E-state index is 6.07. The number of aryl methyl sites for hydroxylation is 1. The predicted molar refractivity (Wildman–Crippen MR) is 79.0 cm³/mol. The van der Waals surface area contributed by atoms with Gasteiger partial charge in [-0.1, -0.05) is 35.9 Å². The average molecular weight is 274 g/mol. The van der Waals surface area contributed by atoms with Gasteiger partial charge in [-0.2, -0.15) is 0 Å². The van der Waals surface area contributed by atoms with Gasteiger partial charge >= 0.3 is 0 Å². The van der Waals surface area contributed by atoms with Gasteiger partial charge in [0.2, 0.25) is 0 Å². The van der Waals surface area contributed by atoms with E-state index < -0.39 is 0 Å². The Morgan fingerprint density at radius 2 is 2.05 bits per heavy atom. The molecule has 2 nitrogen and oxygen atoms in total. The first kappa shape index (κ1) is 12.4. The number of nitrogens with one attached hydrogen (secondary N) is 1. The van der Waals surface area contributed by atoms with E-state index >= 15 is 0 Å². The monoisotopic (exact) mass is 273 g/mol. The van der Waals surface area contributed by atoms with E-state index in [4.69, 9.17) is 16.3 Å². The van der Waals surface area contributed by atoms with Gasteiger partial charge in [0, 0.05) is 12.2 Å². The van der Waals surface area contributed by atoms with Gasteiger partial charge in [0.25, 0.3) is 0 Å². The van der Waals surface area contributed by atoms with Crippen molar-refractivity contribution in [2.24, 2.45) is 0 Å². The summed E-state index contributed by atoms with van der Waals surface area (Å²) in [6, 6.07) is 14.0. The highest BCUT2D eigenvalue weighted by Gasteiger charge is 2.09. The van der Waals surface area contributed by atoms with Crippen LogP contribution in [0, 0.1) is 0 Å². The Morgan fingerprint density at radius 1 is 1.16 bits per heavy atom. The molecule has 0 fully saturated rings. The number of ether oxygens (including phenoxy) is 1. The van der Waals surface area contributed by atoms with E-state index in [2.05, 4.69) is 23.5 Å². The van der Waals surface area contributed by atoms with Crippen molar-refractivity contribution in [2.45, 2.75) is 19.4 Å². The molecular formula is C16H16ClNO. The highest BCUT2D eigenvalue weighted by Crippen LogP contribution is 2.26. The number of anilines is 1. The minimum atomic E-state index is 0.553. The van der Waals surface area contributed by atoms with Crippen molar-refractivity contribution < 1.29 is 4.74 Å². The molecule has 3 heteroatoms. The first-order chi connectivity index (χ1) is 9.33. The van der Waals surface area contributed by atoms with Crippen LogP contribution in [-0.2, 0) is 13.0 Å². The zero-order chi connectivity index (χ0) is 13.1. The summed E-state index contributed by atoms with van der Waals surface area (Å²) < 4.78 is 5.76. The second-order valence-electron chi connectivity index (χ2n) is 4.74. The van der Waals surface area contributed by atoms with E-state index in [9.17, 15) is 0 Å². The lowest BCUT2D eigenvalue weighted by Crippen LogP contribution is -2.12. The quantitative estimate of drug-likeness (QED) is 0.901. The zero-order valence-corrected chi connectivity index (χ0v) is 11.4. The largest absolute Gasteiger partial charge is 0.487 e. The summed E-state index contributed by atoms with van der Waals surface area (Å²) in [5, 5.41) is 4.07. The van der Waals surface area contributed by atoms with Crippen LogP contribution < -0.4 is 10.1 Å². The molecule has 2 aromatic carbocycles. The molecule has 2 aromatic rings. The minimum absolute atomic E-state index is 0.553. The molecule has 1 heterocycles. The van der Waals surface area contributed by atoms with Crippen LogP contribution in [0.4, 0.5) is 5.69 Å². The molecule has 1 aliphatic heterocycles. The molecule has 3 rings (SSSR count). The summed E-state index contributed by atoms with van der Waals surface area (Å²) in [6.07, 6.45) is 2.34. The summed E-state index contributed by atoms with van der Waals surface area (Å²) in [7, 11) is 0. The number of benzene rings is 2. The molecule has 0 aliphatic carbocycles. The molecule has 1 aliphatic rings. The fraction of sp³-hybridized carbons (Fsp3) is 0.250. The molecule has 19 heavy (non-hydrogen) atoms. The maximum atomic E-state index is 6.07. The van der Waals surface area contributed by atoms with Crippen molar-refractivity contribution in [2.75, 3.05) is 11.9 Å². The van der Waals surface area contributed by atoms with E-state index in [1.165, 1.54) is 23.2 Å². The fourth-order valence-corrected chi connectivity index (χ4v) is 2.53. The first-order valence-electron chi connectivity index (χ1n) is 6.56. The summed E-state index contributed by atoms with van der Waals surface area (Å²) >= 11 is 6.07. The van der Waals surface area contributed by atoms with E-state index in [-0.39, 0.29) is 0 Å². The lowest BCUT2D eigenvalue weighted by atomic mass is 10.0. The van der Waals surface area contributed by atoms with Crippen LogP contribution in [0.25, 0.3) is 0 Å². The number of rotatable bonds is 3. The lowest BCUT2D eigenvalue weighted by Gasteiger charge is -2.18. The fourth-order valence-electron chi connectivity index (χ4n) is 2.34. The summed E-state index contributed by atoms with van der Waals surface area (Å²) in [4.78, 5) is 0. The van der Waals surface area contributed by atoms with Crippen LogP contribution in [0.1, 0.15) is 17.5 Å². The van der Waals surface area contributed by atoms with E-state index in [0.29, 0.717) is 11.6 Å². The Bertz CT molecular complexity index is 583. The molecule has 0 radical (unpaired) electrons. The van der Waals surface area contributed by atoms with Gasteiger partial charge in [-0.25, -0.2) is 0 Å². The van der Waals surface area contributed by atoms with Gasteiger partial charge in [-0.05, 0) is 42.2 Å². The number of hydrogen-bond donors (Lipinski definition) is 1. The van der Waals surface area contributed by atoms with Crippen LogP contribution in [0.5, 0.6) is 5.75 Å². The zero-order valence-electron chi connectivity index (χ0n) is 10.7. The van der Waals surface area contributed by atoms with Crippen molar-refractivity contribution in [3.05, 3.63) is 58.6 Å². The average Bonchev–Trinajstić information content (AvgIpc) is 2.46. The van der Waals surface area contributed by atoms with Crippen molar-refractivity contribution in [3.8, 4) is 5.75 Å². The van der Waals surface area contributed by atoms with Crippen molar-refractivity contribution in [1.29, 1.82) is 0 Å². The molecule has 1 N–H and O–H groups in total. The molecule has 0 saturated heterocycles. The summed E-state index contributed by atoms with van der Waals surface area (Å²) in [5.74, 6) is 0.736. The molecule has 0 atom stereocenters.